The number of hydrogen-bond donors (Lipinski definition) is 0. The third kappa shape index (κ3) is 5.91. The summed E-state index contributed by atoms with van der Waals surface area (Å²) in [6.45, 7) is 4.15. The summed E-state index contributed by atoms with van der Waals surface area (Å²) in [5.41, 5.74) is 1.64. The highest BCUT2D eigenvalue weighted by Crippen LogP contribution is 2.34. The van der Waals surface area contributed by atoms with Gasteiger partial charge in [0.25, 0.3) is 5.91 Å². The molecule has 0 aliphatic carbocycles. The van der Waals surface area contributed by atoms with Gasteiger partial charge in [-0.1, -0.05) is 24.8 Å². The molecule has 37 heavy (non-hydrogen) atoms. The van der Waals surface area contributed by atoms with Crippen molar-refractivity contribution in [3.8, 4) is 17.2 Å². The predicted molar refractivity (Wildman–Crippen MR) is 145 cm³/mol. The van der Waals surface area contributed by atoms with Gasteiger partial charge in [-0.05, 0) is 54.5 Å². The second-order valence-electron chi connectivity index (χ2n) is 8.33. The van der Waals surface area contributed by atoms with Crippen molar-refractivity contribution in [1.82, 2.24) is 4.90 Å². The number of ether oxygens (including phenoxy) is 4. The van der Waals surface area contributed by atoms with E-state index in [1.165, 1.54) is 11.8 Å². The Bertz CT molecular complexity index is 1190. The summed E-state index contributed by atoms with van der Waals surface area (Å²) >= 11 is 1.31. The summed E-state index contributed by atoms with van der Waals surface area (Å²) in [6, 6.07) is 12.6. The van der Waals surface area contributed by atoms with Crippen molar-refractivity contribution in [2.75, 3.05) is 52.5 Å². The first-order chi connectivity index (χ1) is 18.0. The van der Waals surface area contributed by atoms with E-state index in [0.29, 0.717) is 60.8 Å². The van der Waals surface area contributed by atoms with Crippen LogP contribution in [-0.4, -0.2) is 74.8 Å². The van der Waals surface area contributed by atoms with E-state index in [9.17, 15) is 9.59 Å². The van der Waals surface area contributed by atoms with Gasteiger partial charge in [-0.3, -0.25) is 14.5 Å². The highest BCUT2D eigenvalue weighted by Gasteiger charge is 2.36. The van der Waals surface area contributed by atoms with Crippen LogP contribution in [0.15, 0.2) is 53.2 Å². The zero-order valence-corrected chi connectivity index (χ0v) is 22.2. The van der Waals surface area contributed by atoms with Gasteiger partial charge in [0.2, 0.25) is 5.91 Å². The molecule has 2 amide bonds. The van der Waals surface area contributed by atoms with Crippen LogP contribution in [0.25, 0.3) is 6.08 Å². The quantitative estimate of drug-likeness (QED) is 0.484. The highest BCUT2D eigenvalue weighted by molar-refractivity contribution is 8.15. The average molecular weight is 526 g/mol. The Hall–Kier alpha value is -3.50. The van der Waals surface area contributed by atoms with Crippen molar-refractivity contribution in [2.24, 2.45) is 4.99 Å². The third-order valence-corrected chi connectivity index (χ3v) is 7.39. The number of methoxy groups -OCH3 is 3. The van der Waals surface area contributed by atoms with Gasteiger partial charge in [-0.15, -0.1) is 0 Å². The number of thioether (sulfide) groups is 1. The Labute approximate surface area is 221 Å². The Morgan fingerprint density at radius 3 is 2.38 bits per heavy atom. The lowest BCUT2D eigenvalue weighted by Gasteiger charge is -2.30. The van der Waals surface area contributed by atoms with Crippen LogP contribution < -0.4 is 19.1 Å². The Kier molecular flexibility index (Phi) is 8.73. The Morgan fingerprint density at radius 1 is 1.05 bits per heavy atom. The second kappa shape index (κ2) is 12.2. The molecular formula is C27H31N3O6S. The lowest BCUT2D eigenvalue weighted by Crippen LogP contribution is -2.45. The number of rotatable bonds is 8. The molecule has 1 atom stereocenters. The fourth-order valence-electron chi connectivity index (χ4n) is 4.06. The van der Waals surface area contributed by atoms with E-state index < -0.39 is 0 Å². The van der Waals surface area contributed by atoms with Crippen LogP contribution in [0.4, 0.5) is 5.69 Å². The molecule has 2 heterocycles. The molecule has 1 fully saturated rings. The van der Waals surface area contributed by atoms with Gasteiger partial charge in [0, 0.05) is 13.1 Å². The zero-order chi connectivity index (χ0) is 26.4. The van der Waals surface area contributed by atoms with Crippen LogP contribution in [0.1, 0.15) is 18.9 Å². The van der Waals surface area contributed by atoms with Gasteiger partial charge in [-0.25, -0.2) is 4.99 Å². The average Bonchev–Trinajstić information content (AvgIpc) is 3.25. The van der Waals surface area contributed by atoms with Crippen molar-refractivity contribution in [2.45, 2.75) is 18.6 Å². The Balaban J connectivity index is 1.68. The van der Waals surface area contributed by atoms with Gasteiger partial charge in [0.15, 0.2) is 16.7 Å². The topological polar surface area (TPSA) is 89.9 Å². The number of anilines is 1. The lowest BCUT2D eigenvalue weighted by molar-refractivity contribution is -0.134. The maximum absolute atomic E-state index is 13.6. The summed E-state index contributed by atoms with van der Waals surface area (Å²) in [4.78, 5) is 35.0. The monoisotopic (exact) mass is 525 g/mol. The molecule has 2 aromatic carbocycles. The molecule has 0 radical (unpaired) electrons. The SMILES string of the molecule is CC[C@@H](SC1=N/C(=C\c2ccc(OC)c(OC)c2)C(=O)N1c1ccc(OC)cc1)C(=O)N1CCOCC1. The summed E-state index contributed by atoms with van der Waals surface area (Å²) in [5, 5.41) is 0.0705. The van der Waals surface area contributed by atoms with Crippen LogP contribution in [0, 0.1) is 0 Å². The maximum Gasteiger partial charge on any atom is 0.283 e. The molecule has 9 nitrogen and oxygen atoms in total. The number of benzene rings is 2. The largest absolute Gasteiger partial charge is 0.497 e. The lowest BCUT2D eigenvalue weighted by atomic mass is 10.1. The minimum Gasteiger partial charge on any atom is -0.497 e. The number of aliphatic imine (C=N–C) groups is 1. The second-order valence-corrected chi connectivity index (χ2v) is 9.50. The Morgan fingerprint density at radius 2 is 1.76 bits per heavy atom. The van der Waals surface area contributed by atoms with Crippen LogP contribution in [-0.2, 0) is 14.3 Å². The fourth-order valence-corrected chi connectivity index (χ4v) is 5.17. The minimum atomic E-state index is -0.383. The first-order valence-electron chi connectivity index (χ1n) is 12.0. The van der Waals surface area contributed by atoms with Crippen LogP contribution in [0.3, 0.4) is 0 Å². The van der Waals surface area contributed by atoms with Gasteiger partial charge >= 0.3 is 0 Å². The summed E-state index contributed by atoms with van der Waals surface area (Å²) in [6.07, 6.45) is 2.30. The molecule has 0 aromatic heterocycles. The van der Waals surface area contributed by atoms with Gasteiger partial charge < -0.3 is 23.8 Å². The first-order valence-corrected chi connectivity index (χ1v) is 12.9. The number of morpholine rings is 1. The molecule has 0 unspecified atom stereocenters. The van der Waals surface area contributed by atoms with E-state index in [1.807, 2.05) is 17.9 Å². The van der Waals surface area contributed by atoms with Crippen molar-refractivity contribution >= 4 is 40.5 Å². The van der Waals surface area contributed by atoms with E-state index in [2.05, 4.69) is 0 Å². The molecular weight excluding hydrogens is 494 g/mol. The maximum atomic E-state index is 13.6. The van der Waals surface area contributed by atoms with E-state index in [0.717, 1.165) is 5.56 Å². The van der Waals surface area contributed by atoms with Crippen molar-refractivity contribution in [1.29, 1.82) is 0 Å². The molecule has 196 valence electrons. The molecule has 0 bridgehead atoms. The number of carbonyl (C=O) groups is 2. The molecule has 0 saturated carbocycles. The molecule has 2 aliphatic rings. The highest BCUT2D eigenvalue weighted by atomic mass is 32.2. The number of amides is 2. The van der Waals surface area contributed by atoms with E-state index in [-0.39, 0.29) is 22.8 Å². The van der Waals surface area contributed by atoms with Gasteiger partial charge in [0.05, 0.1) is 45.5 Å². The fraction of sp³-hybridized carbons (Fsp3) is 0.370. The summed E-state index contributed by atoms with van der Waals surface area (Å²) in [7, 11) is 4.72. The molecule has 2 aliphatic heterocycles. The van der Waals surface area contributed by atoms with Crippen LogP contribution in [0.5, 0.6) is 17.2 Å². The summed E-state index contributed by atoms with van der Waals surface area (Å²) < 4.78 is 21.4. The third-order valence-electron chi connectivity index (χ3n) is 6.09. The number of amidine groups is 1. The van der Waals surface area contributed by atoms with E-state index in [4.69, 9.17) is 23.9 Å². The molecule has 1 saturated heterocycles. The predicted octanol–water partition coefficient (Wildman–Crippen LogP) is 3.83. The molecule has 2 aromatic rings. The van der Waals surface area contributed by atoms with Gasteiger partial charge in [-0.2, -0.15) is 0 Å². The zero-order valence-electron chi connectivity index (χ0n) is 21.4. The normalized spacial score (nSPS) is 17.6. The molecule has 4 rings (SSSR count). The summed E-state index contributed by atoms with van der Waals surface area (Å²) in [5.74, 6) is 1.56. The number of carbonyl (C=O) groups excluding carboxylic acids is 2. The van der Waals surface area contributed by atoms with Crippen LogP contribution >= 0.6 is 11.8 Å². The van der Waals surface area contributed by atoms with E-state index in [1.54, 1.807) is 68.7 Å². The first kappa shape index (κ1) is 26.6. The molecule has 0 spiro atoms. The standard InChI is InChI=1S/C27H31N3O6S/c1-5-24(26(32)29-12-14-36-15-13-29)37-27-28-21(16-18-6-11-22(34-3)23(17-18)35-4)25(31)30(27)19-7-9-20(33-2)10-8-19/h6-11,16-17,24H,5,12-15H2,1-4H3/b21-16-/t24-/m1/s1. The van der Waals surface area contributed by atoms with Crippen molar-refractivity contribution in [3.05, 3.63) is 53.7 Å². The molecule has 0 N–H and O–H groups in total. The van der Waals surface area contributed by atoms with Crippen LogP contribution in [0.2, 0.25) is 0 Å². The van der Waals surface area contributed by atoms with Crippen molar-refractivity contribution in [3.63, 3.8) is 0 Å². The molecule has 10 heteroatoms. The smallest absolute Gasteiger partial charge is 0.283 e. The van der Waals surface area contributed by atoms with Gasteiger partial charge in [0.1, 0.15) is 11.4 Å². The number of nitrogens with zero attached hydrogens (tertiary/aromatic N) is 3. The number of hydrogen-bond acceptors (Lipinski definition) is 8. The minimum absolute atomic E-state index is 0.0259. The van der Waals surface area contributed by atoms with Crippen molar-refractivity contribution < 1.29 is 28.5 Å². The van der Waals surface area contributed by atoms with E-state index >= 15 is 0 Å².